The highest BCUT2D eigenvalue weighted by Gasteiger charge is 2.45. The van der Waals surface area contributed by atoms with Crippen LogP contribution in [0.5, 0.6) is 5.75 Å². The van der Waals surface area contributed by atoms with Gasteiger partial charge >= 0.3 is 0 Å². The Labute approximate surface area is 94.4 Å². The monoisotopic (exact) mass is 226 g/mol. The molecule has 1 aromatic carbocycles. The molecule has 0 radical (unpaired) electrons. The first-order valence-electron chi connectivity index (χ1n) is 5.68. The fourth-order valence-corrected chi connectivity index (χ4v) is 1.94. The van der Waals surface area contributed by atoms with Gasteiger partial charge in [-0.1, -0.05) is 19.1 Å². The Hall–Kier alpha value is -1.12. The summed E-state index contributed by atoms with van der Waals surface area (Å²) in [5.74, 6) is -1.66. The predicted octanol–water partition coefficient (Wildman–Crippen LogP) is 3.67. The molecule has 0 heterocycles. The number of rotatable bonds is 4. The van der Waals surface area contributed by atoms with Crippen LogP contribution in [0.1, 0.15) is 25.3 Å². The SMILES string of the molecule is CCc1ccc(OCC2CC(F)(F)C2)cc1. The third kappa shape index (κ3) is 2.71. The van der Waals surface area contributed by atoms with Gasteiger partial charge in [0.05, 0.1) is 6.61 Å². The van der Waals surface area contributed by atoms with Gasteiger partial charge < -0.3 is 4.74 Å². The number of halogens is 2. The number of ether oxygens (including phenoxy) is 1. The van der Waals surface area contributed by atoms with Crippen LogP contribution in [0, 0.1) is 5.92 Å². The first-order chi connectivity index (χ1) is 7.59. The van der Waals surface area contributed by atoms with Crippen molar-refractivity contribution in [2.45, 2.75) is 32.1 Å². The quantitative estimate of drug-likeness (QED) is 0.761. The van der Waals surface area contributed by atoms with Gasteiger partial charge in [-0.25, -0.2) is 8.78 Å². The van der Waals surface area contributed by atoms with E-state index >= 15 is 0 Å². The van der Waals surface area contributed by atoms with Crippen LogP contribution < -0.4 is 4.74 Å². The summed E-state index contributed by atoms with van der Waals surface area (Å²) in [4.78, 5) is 0. The van der Waals surface area contributed by atoms with Crippen molar-refractivity contribution >= 4 is 0 Å². The van der Waals surface area contributed by atoms with Crippen molar-refractivity contribution in [3.63, 3.8) is 0 Å². The molecule has 0 spiro atoms. The number of hydrogen-bond acceptors (Lipinski definition) is 1. The molecule has 0 atom stereocenters. The van der Waals surface area contributed by atoms with Gasteiger partial charge in [0.15, 0.2) is 0 Å². The van der Waals surface area contributed by atoms with E-state index in [0.29, 0.717) is 6.61 Å². The molecule has 16 heavy (non-hydrogen) atoms. The Balaban J connectivity index is 1.77. The molecule has 0 amide bonds. The lowest BCUT2D eigenvalue weighted by Gasteiger charge is -2.34. The van der Waals surface area contributed by atoms with Gasteiger partial charge in [-0.3, -0.25) is 0 Å². The summed E-state index contributed by atoms with van der Waals surface area (Å²) in [5.41, 5.74) is 1.25. The van der Waals surface area contributed by atoms with Crippen molar-refractivity contribution < 1.29 is 13.5 Å². The molecule has 88 valence electrons. The van der Waals surface area contributed by atoms with Crippen molar-refractivity contribution in [3.8, 4) is 5.75 Å². The molecular formula is C13H16F2O. The maximum Gasteiger partial charge on any atom is 0.248 e. The first-order valence-corrected chi connectivity index (χ1v) is 5.68. The minimum absolute atomic E-state index is 0.0147. The summed E-state index contributed by atoms with van der Waals surface area (Å²) in [6.45, 7) is 2.49. The van der Waals surface area contributed by atoms with Gasteiger partial charge in [0.1, 0.15) is 5.75 Å². The zero-order chi connectivity index (χ0) is 11.6. The molecule has 1 fully saturated rings. The van der Waals surface area contributed by atoms with Crippen molar-refractivity contribution in [3.05, 3.63) is 29.8 Å². The minimum atomic E-state index is -2.44. The second kappa shape index (κ2) is 4.40. The summed E-state index contributed by atoms with van der Waals surface area (Å²) in [6, 6.07) is 7.81. The Morgan fingerprint density at radius 3 is 2.38 bits per heavy atom. The van der Waals surface area contributed by atoms with Crippen LogP contribution in [0.3, 0.4) is 0 Å². The number of aryl methyl sites for hydroxylation is 1. The van der Waals surface area contributed by atoms with Crippen LogP contribution >= 0.6 is 0 Å². The maximum absolute atomic E-state index is 12.6. The second-order valence-corrected chi connectivity index (χ2v) is 4.44. The molecule has 0 aliphatic heterocycles. The van der Waals surface area contributed by atoms with E-state index in [0.717, 1.165) is 12.2 Å². The molecule has 1 nitrogen and oxygen atoms in total. The van der Waals surface area contributed by atoms with Crippen LogP contribution in [-0.4, -0.2) is 12.5 Å². The predicted molar refractivity (Wildman–Crippen MR) is 59.0 cm³/mol. The lowest BCUT2D eigenvalue weighted by Crippen LogP contribution is -2.38. The van der Waals surface area contributed by atoms with E-state index < -0.39 is 5.92 Å². The molecule has 1 aromatic rings. The van der Waals surface area contributed by atoms with Gasteiger partial charge in [0, 0.05) is 18.8 Å². The third-order valence-electron chi connectivity index (χ3n) is 2.99. The topological polar surface area (TPSA) is 9.23 Å². The van der Waals surface area contributed by atoms with E-state index in [1.807, 2.05) is 24.3 Å². The van der Waals surface area contributed by atoms with E-state index in [1.165, 1.54) is 5.56 Å². The highest BCUT2D eigenvalue weighted by Crippen LogP contribution is 2.42. The Kier molecular flexibility index (Phi) is 3.13. The average Bonchev–Trinajstić information content (AvgIpc) is 2.24. The maximum atomic E-state index is 12.6. The minimum Gasteiger partial charge on any atom is -0.493 e. The average molecular weight is 226 g/mol. The molecule has 1 aliphatic carbocycles. The summed E-state index contributed by atoms with van der Waals surface area (Å²) < 4.78 is 30.6. The Morgan fingerprint density at radius 1 is 1.25 bits per heavy atom. The molecule has 0 aromatic heterocycles. The van der Waals surface area contributed by atoms with Gasteiger partial charge in [-0.15, -0.1) is 0 Å². The number of hydrogen-bond donors (Lipinski definition) is 0. The Morgan fingerprint density at radius 2 is 1.88 bits per heavy atom. The van der Waals surface area contributed by atoms with Crippen molar-refractivity contribution in [1.82, 2.24) is 0 Å². The van der Waals surface area contributed by atoms with Gasteiger partial charge in [-0.2, -0.15) is 0 Å². The zero-order valence-corrected chi connectivity index (χ0v) is 9.38. The van der Waals surface area contributed by atoms with Crippen molar-refractivity contribution in [1.29, 1.82) is 0 Å². The first kappa shape index (κ1) is 11.4. The molecular weight excluding hydrogens is 210 g/mol. The van der Waals surface area contributed by atoms with Crippen LogP contribution in [0.4, 0.5) is 8.78 Å². The summed E-state index contributed by atoms with van der Waals surface area (Å²) in [6.07, 6.45) is 0.940. The molecule has 0 saturated heterocycles. The highest BCUT2D eigenvalue weighted by molar-refractivity contribution is 5.27. The molecule has 0 unspecified atom stereocenters. The summed E-state index contributed by atoms with van der Waals surface area (Å²) in [7, 11) is 0. The Bertz CT molecular complexity index is 337. The zero-order valence-electron chi connectivity index (χ0n) is 9.38. The van der Waals surface area contributed by atoms with Crippen LogP contribution in [-0.2, 0) is 6.42 Å². The van der Waals surface area contributed by atoms with Crippen LogP contribution in [0.25, 0.3) is 0 Å². The van der Waals surface area contributed by atoms with E-state index in [1.54, 1.807) is 0 Å². The van der Waals surface area contributed by atoms with Crippen molar-refractivity contribution in [2.24, 2.45) is 5.92 Å². The lowest BCUT2D eigenvalue weighted by molar-refractivity contribution is -0.119. The molecule has 1 aliphatic rings. The number of alkyl halides is 2. The molecule has 0 N–H and O–H groups in total. The summed E-state index contributed by atoms with van der Waals surface area (Å²) in [5, 5.41) is 0. The van der Waals surface area contributed by atoms with E-state index in [-0.39, 0.29) is 18.8 Å². The van der Waals surface area contributed by atoms with E-state index in [9.17, 15) is 8.78 Å². The van der Waals surface area contributed by atoms with E-state index in [2.05, 4.69) is 6.92 Å². The molecule has 2 rings (SSSR count). The summed E-state index contributed by atoms with van der Waals surface area (Å²) >= 11 is 0. The van der Waals surface area contributed by atoms with Gasteiger partial charge in [0.25, 0.3) is 0 Å². The van der Waals surface area contributed by atoms with E-state index in [4.69, 9.17) is 4.74 Å². The lowest BCUT2D eigenvalue weighted by atomic mass is 9.82. The van der Waals surface area contributed by atoms with Crippen LogP contribution in [0.2, 0.25) is 0 Å². The smallest absolute Gasteiger partial charge is 0.248 e. The van der Waals surface area contributed by atoms with Crippen molar-refractivity contribution in [2.75, 3.05) is 6.61 Å². The second-order valence-electron chi connectivity index (χ2n) is 4.44. The fraction of sp³-hybridized carbons (Fsp3) is 0.538. The van der Waals surface area contributed by atoms with Gasteiger partial charge in [0.2, 0.25) is 5.92 Å². The largest absolute Gasteiger partial charge is 0.493 e. The van der Waals surface area contributed by atoms with Gasteiger partial charge in [-0.05, 0) is 24.1 Å². The third-order valence-corrected chi connectivity index (χ3v) is 2.99. The fourth-order valence-electron chi connectivity index (χ4n) is 1.94. The highest BCUT2D eigenvalue weighted by atomic mass is 19.3. The standard InChI is InChI=1S/C13H16F2O/c1-2-10-3-5-12(6-4-10)16-9-11-7-13(14,15)8-11/h3-6,11H,2,7-9H2,1H3. The molecule has 0 bridgehead atoms. The number of benzene rings is 1. The van der Waals surface area contributed by atoms with Crippen LogP contribution in [0.15, 0.2) is 24.3 Å². The molecule has 1 saturated carbocycles. The normalized spacial score (nSPS) is 19.2. The molecule has 3 heteroatoms.